The summed E-state index contributed by atoms with van der Waals surface area (Å²) in [6.45, 7) is 17.7. The number of nitrogens with one attached hydrogen (secondary N) is 1. The summed E-state index contributed by atoms with van der Waals surface area (Å²) in [7, 11) is 0. The van der Waals surface area contributed by atoms with Gasteiger partial charge in [-0.15, -0.1) is 13.5 Å². The predicted molar refractivity (Wildman–Crippen MR) is 101 cm³/mol. The van der Waals surface area contributed by atoms with Crippen LogP contribution in [0.15, 0.2) is 12.1 Å². The zero-order valence-electron chi connectivity index (χ0n) is 16.6. The molecule has 0 aromatic heterocycles. The molecular formula is C20H32N2O3. The molecule has 1 aromatic carbocycles. The Hall–Kier alpha value is -1.88. The normalized spacial score (nSPS) is 12.6. The highest BCUT2D eigenvalue weighted by atomic mass is 16.5. The number of carbonyl (C=O) groups excluding carboxylic acids is 2. The highest BCUT2D eigenvalue weighted by Gasteiger charge is 2.30. The average Bonchev–Trinajstić information content (AvgIpc) is 2.58. The van der Waals surface area contributed by atoms with Crippen molar-refractivity contribution in [3.05, 3.63) is 35.4 Å². The van der Waals surface area contributed by atoms with Crippen molar-refractivity contribution in [2.45, 2.75) is 54.5 Å². The van der Waals surface area contributed by atoms with Crippen LogP contribution < -0.4 is 5.32 Å². The third-order valence-corrected chi connectivity index (χ3v) is 5.07. The molecule has 140 valence electrons. The van der Waals surface area contributed by atoms with Gasteiger partial charge in [-0.2, -0.15) is 0 Å². The number of esters is 1. The minimum atomic E-state index is -0.411. The largest absolute Gasteiger partial charge is 0.462 e. The lowest BCUT2D eigenvalue weighted by Gasteiger charge is -2.49. The fourth-order valence-corrected chi connectivity index (χ4v) is 3.32. The number of benzene rings is 1. The van der Waals surface area contributed by atoms with Crippen LogP contribution in [-0.4, -0.2) is 42.1 Å². The molecule has 1 atom stereocenters. The van der Waals surface area contributed by atoms with Gasteiger partial charge in [0.1, 0.15) is 6.04 Å². The van der Waals surface area contributed by atoms with E-state index in [1.807, 2.05) is 33.8 Å². The molecule has 5 heteroatoms. The number of amides is 1. The molecule has 0 spiro atoms. The van der Waals surface area contributed by atoms with Crippen molar-refractivity contribution in [1.29, 1.82) is 0 Å². The number of nitrogens with zero attached hydrogens (tertiary/aromatic N) is 1. The van der Waals surface area contributed by atoms with Gasteiger partial charge in [-0.1, -0.05) is 6.07 Å². The van der Waals surface area contributed by atoms with E-state index in [0.29, 0.717) is 22.3 Å². The van der Waals surface area contributed by atoms with Crippen LogP contribution in [0, 0.1) is 20.4 Å². The molecule has 0 heterocycles. The summed E-state index contributed by atoms with van der Waals surface area (Å²) in [5.74, 6) is -0.509. The maximum absolute atomic E-state index is 12.9. The van der Waals surface area contributed by atoms with Gasteiger partial charge in [-0.25, -0.2) is 4.79 Å². The molecule has 0 saturated heterocycles. The molecule has 0 saturated carbocycles. The maximum Gasteiger partial charge on any atom is 0.340 e. The van der Waals surface area contributed by atoms with E-state index < -0.39 is 5.97 Å². The van der Waals surface area contributed by atoms with E-state index in [0.717, 1.165) is 24.2 Å². The molecule has 0 aliphatic carbocycles. The topological polar surface area (TPSA) is 55.4 Å². The lowest BCUT2D eigenvalue weighted by Crippen LogP contribution is -2.56. The van der Waals surface area contributed by atoms with Gasteiger partial charge in [-0.3, -0.25) is 4.79 Å². The highest BCUT2D eigenvalue weighted by Crippen LogP contribution is 2.25. The summed E-state index contributed by atoms with van der Waals surface area (Å²) < 4.78 is 5.74. The van der Waals surface area contributed by atoms with Crippen LogP contribution in [0.4, 0.5) is 5.69 Å². The van der Waals surface area contributed by atoms with E-state index in [2.05, 4.69) is 25.7 Å². The number of likely N-dealkylation sites (N-methyl/N-ethyl adjacent to an activating group) is 1. The summed E-state index contributed by atoms with van der Waals surface area (Å²) in [5, 5.41) is 2.98. The van der Waals surface area contributed by atoms with Crippen molar-refractivity contribution in [2.75, 3.05) is 25.0 Å². The number of hydrogen-bond acceptors (Lipinski definition) is 3. The molecule has 1 aromatic rings. The average molecular weight is 348 g/mol. The third-order valence-electron chi connectivity index (χ3n) is 5.07. The van der Waals surface area contributed by atoms with Crippen LogP contribution in [0.25, 0.3) is 0 Å². The Bertz CT molecular complexity index is 613. The summed E-state index contributed by atoms with van der Waals surface area (Å²) in [4.78, 5) is 25.2. The van der Waals surface area contributed by atoms with E-state index >= 15 is 0 Å². The van der Waals surface area contributed by atoms with E-state index in [1.54, 1.807) is 13.0 Å². The van der Waals surface area contributed by atoms with E-state index in [4.69, 9.17) is 4.74 Å². The van der Waals surface area contributed by atoms with Gasteiger partial charge in [0.05, 0.1) is 30.9 Å². The van der Waals surface area contributed by atoms with Crippen molar-refractivity contribution in [3.63, 3.8) is 0 Å². The van der Waals surface area contributed by atoms with Gasteiger partial charge in [-0.05, 0) is 58.7 Å². The standard InChI is InChI=1S/C20H32N2O3/c1-8-22(9-2,10-3)16(7)19(23)21-18-15(6)12-14(5)13-17(18)20(24)25-11-4/h8,12-13,16H,9-11H2,1-7H3,(H,21,23). The molecule has 0 aliphatic heterocycles. The van der Waals surface area contributed by atoms with Crippen LogP contribution in [-0.2, 0) is 9.53 Å². The van der Waals surface area contributed by atoms with Crippen molar-refractivity contribution in [3.8, 4) is 0 Å². The van der Waals surface area contributed by atoms with Gasteiger partial charge >= 0.3 is 5.97 Å². The Balaban J connectivity index is 3.21. The Morgan fingerprint density at radius 2 is 1.80 bits per heavy atom. The molecule has 1 amide bonds. The number of hydrogen-bond donors (Lipinski definition) is 1. The Labute approximate surface area is 151 Å². The van der Waals surface area contributed by atoms with E-state index in [-0.39, 0.29) is 11.9 Å². The highest BCUT2D eigenvalue weighted by molar-refractivity contribution is 6.03. The van der Waals surface area contributed by atoms with Crippen molar-refractivity contribution >= 4 is 17.6 Å². The second kappa shape index (κ2) is 8.99. The summed E-state index contributed by atoms with van der Waals surface area (Å²) in [6.07, 6.45) is 0. The lowest BCUT2D eigenvalue weighted by molar-refractivity contribution is -0.909. The number of aryl methyl sites for hydroxylation is 2. The zero-order chi connectivity index (χ0) is 19.2. The zero-order valence-corrected chi connectivity index (χ0v) is 16.6. The molecule has 1 rings (SSSR count). The molecule has 1 unspecified atom stereocenters. The quantitative estimate of drug-likeness (QED) is 0.441. The van der Waals surface area contributed by atoms with Gasteiger partial charge in [0.25, 0.3) is 5.91 Å². The van der Waals surface area contributed by atoms with Crippen LogP contribution in [0.2, 0.25) is 0 Å². The Kier molecular flexibility index (Phi) is 7.61. The number of ether oxygens (including phenoxy) is 1. The first kappa shape index (κ1) is 21.2. The fraction of sp³-hybridized carbons (Fsp3) is 0.550. The summed E-state index contributed by atoms with van der Waals surface area (Å²) in [5.41, 5.74) is 2.77. The Morgan fingerprint density at radius 3 is 2.28 bits per heavy atom. The molecular weight excluding hydrogens is 316 g/mol. The first-order chi connectivity index (χ1) is 11.8. The van der Waals surface area contributed by atoms with Gasteiger partial charge in [0, 0.05) is 0 Å². The molecule has 5 nitrogen and oxygen atoms in total. The lowest BCUT2D eigenvalue weighted by atomic mass is 10.0. The predicted octanol–water partition coefficient (Wildman–Crippen LogP) is 3.85. The van der Waals surface area contributed by atoms with Gasteiger partial charge in [0.15, 0.2) is 0 Å². The van der Waals surface area contributed by atoms with Crippen LogP contribution in [0.3, 0.4) is 0 Å². The fourth-order valence-electron chi connectivity index (χ4n) is 3.32. The number of anilines is 1. The Morgan fingerprint density at radius 1 is 1.20 bits per heavy atom. The smallest absolute Gasteiger partial charge is 0.340 e. The van der Waals surface area contributed by atoms with Gasteiger partial charge in [0.2, 0.25) is 0 Å². The van der Waals surface area contributed by atoms with Crippen LogP contribution in [0.5, 0.6) is 0 Å². The minimum absolute atomic E-state index is 0.0979. The molecule has 0 fully saturated rings. The van der Waals surface area contributed by atoms with E-state index in [1.165, 1.54) is 0 Å². The summed E-state index contributed by atoms with van der Waals surface area (Å²) in [6, 6.07) is 3.46. The second-order valence-corrected chi connectivity index (χ2v) is 6.38. The molecule has 1 N–H and O–H groups in total. The van der Waals surface area contributed by atoms with Crippen molar-refractivity contribution in [2.24, 2.45) is 0 Å². The monoisotopic (exact) mass is 348 g/mol. The number of carbonyl (C=O) groups is 2. The maximum atomic E-state index is 12.9. The first-order valence-corrected chi connectivity index (χ1v) is 9.02. The van der Waals surface area contributed by atoms with Crippen LogP contribution >= 0.6 is 0 Å². The van der Waals surface area contributed by atoms with Crippen molar-refractivity contribution in [1.82, 2.24) is 0 Å². The van der Waals surface area contributed by atoms with E-state index in [9.17, 15) is 9.59 Å². The van der Waals surface area contributed by atoms with Crippen LogP contribution in [0.1, 0.15) is 56.1 Å². The summed E-state index contributed by atoms with van der Waals surface area (Å²) >= 11 is 0. The second-order valence-electron chi connectivity index (χ2n) is 6.38. The number of quaternary nitrogens is 1. The molecule has 0 bridgehead atoms. The minimum Gasteiger partial charge on any atom is -0.462 e. The number of rotatable bonds is 8. The molecule has 0 radical (unpaired) electrons. The SMILES string of the molecule is C[CH-][N+](CC)(CC)C(C)C(=O)Nc1c(C)cc(C)cc1C(=O)OCC. The van der Waals surface area contributed by atoms with Gasteiger partial charge < -0.3 is 14.5 Å². The molecule has 25 heavy (non-hydrogen) atoms. The first-order valence-electron chi connectivity index (χ1n) is 9.02. The molecule has 0 aliphatic rings. The third kappa shape index (κ3) is 4.60. The van der Waals surface area contributed by atoms with Crippen molar-refractivity contribution < 1.29 is 18.8 Å².